The molecule has 2 rings (SSSR count). The van der Waals surface area contributed by atoms with Crippen molar-refractivity contribution < 1.29 is 29.4 Å². The Hall–Kier alpha value is -3.68. The molecule has 0 fully saturated rings. The van der Waals surface area contributed by atoms with Gasteiger partial charge in [0, 0.05) is 25.2 Å². The predicted octanol–water partition coefficient (Wildman–Crippen LogP) is 5.65. The molecule has 0 radical (unpaired) electrons. The lowest BCUT2D eigenvalue weighted by Gasteiger charge is -2.21. The van der Waals surface area contributed by atoms with Crippen LogP contribution in [0.15, 0.2) is 48.5 Å². The molecule has 0 aliphatic rings. The highest BCUT2D eigenvalue weighted by atomic mass is 16.4. The molecule has 0 aliphatic heterocycles. The predicted molar refractivity (Wildman–Crippen MR) is 146 cm³/mol. The molecular formula is C30H40N2O6. The third-order valence-corrected chi connectivity index (χ3v) is 6.45. The Morgan fingerprint density at radius 1 is 0.658 bits per heavy atom. The summed E-state index contributed by atoms with van der Waals surface area (Å²) in [5.41, 5.74) is 1.88. The second-order valence-electron chi connectivity index (χ2n) is 9.60. The number of carbonyl (C=O) groups excluding carboxylic acids is 2. The molecule has 0 saturated carbocycles. The van der Waals surface area contributed by atoms with Gasteiger partial charge in [0.1, 0.15) is 0 Å². The average molecular weight is 525 g/mol. The molecule has 0 aliphatic carbocycles. The van der Waals surface area contributed by atoms with Gasteiger partial charge in [-0.05, 0) is 41.8 Å². The summed E-state index contributed by atoms with van der Waals surface area (Å²) in [6.07, 6.45) is 12.4. The number of carbonyl (C=O) groups is 4. The van der Waals surface area contributed by atoms with Gasteiger partial charge in [-0.3, -0.25) is 9.59 Å². The number of hydrogen-bond acceptors (Lipinski definition) is 4. The number of hydrogen-bond donors (Lipinski definition) is 3. The van der Waals surface area contributed by atoms with E-state index < -0.39 is 17.8 Å². The summed E-state index contributed by atoms with van der Waals surface area (Å²) >= 11 is 0. The average Bonchev–Trinajstić information content (AvgIpc) is 2.91. The van der Waals surface area contributed by atoms with Crippen molar-refractivity contribution in [3.8, 4) is 0 Å². The molecule has 8 heteroatoms. The number of carboxylic acids is 2. The first-order valence-electron chi connectivity index (χ1n) is 13.5. The van der Waals surface area contributed by atoms with Gasteiger partial charge in [-0.25, -0.2) is 9.59 Å². The molecule has 0 aromatic heterocycles. The van der Waals surface area contributed by atoms with Gasteiger partial charge in [0.15, 0.2) is 0 Å². The van der Waals surface area contributed by atoms with E-state index in [2.05, 4.69) is 12.2 Å². The molecule has 3 N–H and O–H groups in total. The normalized spacial score (nSPS) is 10.7. The lowest BCUT2D eigenvalue weighted by atomic mass is 10.1. The Kier molecular flexibility index (Phi) is 13.6. The van der Waals surface area contributed by atoms with Crippen LogP contribution in [0.25, 0.3) is 0 Å². The van der Waals surface area contributed by atoms with Crippen molar-refractivity contribution >= 4 is 23.8 Å². The number of amides is 2. The summed E-state index contributed by atoms with van der Waals surface area (Å²) in [4.78, 5) is 48.2. The SMILES string of the molecule is CCCCCCCCCCCCNC(=O)c1ccc(CN(Cc2ccc(C(=O)O)cc2)C(=O)C(=O)O)cc1. The molecule has 2 aromatic rings. The Labute approximate surface area is 225 Å². The van der Waals surface area contributed by atoms with Gasteiger partial charge in [0.05, 0.1) is 5.56 Å². The van der Waals surface area contributed by atoms with Crippen LogP contribution < -0.4 is 5.32 Å². The minimum atomic E-state index is -1.57. The maximum Gasteiger partial charge on any atom is 0.394 e. The zero-order chi connectivity index (χ0) is 27.8. The quantitative estimate of drug-likeness (QED) is 0.181. The fourth-order valence-electron chi connectivity index (χ4n) is 4.21. The number of aliphatic carboxylic acids is 1. The molecule has 2 aromatic carbocycles. The van der Waals surface area contributed by atoms with Crippen molar-refractivity contribution in [1.29, 1.82) is 0 Å². The molecule has 0 atom stereocenters. The summed E-state index contributed by atoms with van der Waals surface area (Å²) in [6.45, 7) is 2.89. The van der Waals surface area contributed by atoms with Gasteiger partial charge in [-0.1, -0.05) is 89.0 Å². The lowest BCUT2D eigenvalue weighted by Crippen LogP contribution is -2.35. The zero-order valence-electron chi connectivity index (χ0n) is 22.3. The van der Waals surface area contributed by atoms with Crippen LogP contribution in [0.1, 0.15) is 103 Å². The Morgan fingerprint density at radius 2 is 1.11 bits per heavy atom. The molecule has 0 heterocycles. The van der Waals surface area contributed by atoms with E-state index >= 15 is 0 Å². The first kappa shape index (κ1) is 30.5. The van der Waals surface area contributed by atoms with Gasteiger partial charge >= 0.3 is 17.8 Å². The number of rotatable bonds is 17. The lowest BCUT2D eigenvalue weighted by molar-refractivity contribution is -0.156. The molecule has 38 heavy (non-hydrogen) atoms. The van der Waals surface area contributed by atoms with E-state index in [9.17, 15) is 24.3 Å². The summed E-state index contributed by atoms with van der Waals surface area (Å²) in [5.74, 6) is -3.87. The number of aromatic carboxylic acids is 1. The van der Waals surface area contributed by atoms with Gasteiger partial charge in [0.2, 0.25) is 0 Å². The number of nitrogens with one attached hydrogen (secondary N) is 1. The summed E-state index contributed by atoms with van der Waals surface area (Å²) in [7, 11) is 0. The molecule has 8 nitrogen and oxygen atoms in total. The number of benzene rings is 2. The molecule has 0 spiro atoms. The third-order valence-electron chi connectivity index (χ3n) is 6.45. The van der Waals surface area contributed by atoms with Crippen molar-refractivity contribution in [2.45, 2.75) is 84.2 Å². The maximum absolute atomic E-state index is 12.5. The summed E-state index contributed by atoms with van der Waals surface area (Å²) < 4.78 is 0. The van der Waals surface area contributed by atoms with Crippen LogP contribution >= 0.6 is 0 Å². The zero-order valence-corrected chi connectivity index (χ0v) is 22.3. The minimum Gasteiger partial charge on any atom is -0.478 e. The first-order valence-corrected chi connectivity index (χ1v) is 13.5. The Morgan fingerprint density at radius 3 is 1.55 bits per heavy atom. The van der Waals surface area contributed by atoms with E-state index in [1.165, 1.54) is 68.4 Å². The van der Waals surface area contributed by atoms with E-state index in [1.807, 2.05) is 0 Å². The van der Waals surface area contributed by atoms with Crippen LogP contribution in [-0.4, -0.2) is 45.4 Å². The number of carboxylic acid groups (broad SMARTS) is 2. The van der Waals surface area contributed by atoms with E-state index in [-0.39, 0.29) is 24.6 Å². The Balaban J connectivity index is 1.79. The van der Waals surface area contributed by atoms with Gasteiger partial charge < -0.3 is 20.4 Å². The van der Waals surface area contributed by atoms with Crippen LogP contribution in [0.5, 0.6) is 0 Å². The van der Waals surface area contributed by atoms with E-state index in [0.717, 1.165) is 12.8 Å². The molecule has 0 bridgehead atoms. The van der Waals surface area contributed by atoms with Crippen LogP contribution in [0.2, 0.25) is 0 Å². The van der Waals surface area contributed by atoms with E-state index in [0.29, 0.717) is 23.2 Å². The molecule has 206 valence electrons. The van der Waals surface area contributed by atoms with Crippen molar-refractivity contribution in [2.75, 3.05) is 6.54 Å². The van der Waals surface area contributed by atoms with Gasteiger partial charge in [0.25, 0.3) is 5.91 Å². The standard InChI is InChI=1S/C30H40N2O6/c1-2-3-4-5-6-7-8-9-10-11-20-31-27(33)25-16-12-23(13-17-25)21-32(28(34)30(37)38)22-24-14-18-26(19-15-24)29(35)36/h12-19H,2-11,20-22H2,1H3,(H,31,33)(H,35,36)(H,37,38). The van der Waals surface area contributed by atoms with Crippen LogP contribution in [0, 0.1) is 0 Å². The van der Waals surface area contributed by atoms with E-state index in [4.69, 9.17) is 5.11 Å². The second kappa shape index (κ2) is 16.9. The monoisotopic (exact) mass is 524 g/mol. The van der Waals surface area contributed by atoms with Crippen molar-refractivity contribution in [1.82, 2.24) is 10.2 Å². The largest absolute Gasteiger partial charge is 0.478 e. The Bertz CT molecular complexity index is 1030. The number of nitrogens with zero attached hydrogens (tertiary/aromatic N) is 1. The topological polar surface area (TPSA) is 124 Å². The highest BCUT2D eigenvalue weighted by Crippen LogP contribution is 2.14. The molecular weight excluding hydrogens is 484 g/mol. The van der Waals surface area contributed by atoms with Crippen LogP contribution in [0.4, 0.5) is 0 Å². The highest BCUT2D eigenvalue weighted by Gasteiger charge is 2.22. The fraction of sp³-hybridized carbons (Fsp3) is 0.467. The van der Waals surface area contributed by atoms with Crippen LogP contribution in [0.3, 0.4) is 0 Å². The second-order valence-corrected chi connectivity index (χ2v) is 9.60. The number of unbranched alkanes of at least 4 members (excludes halogenated alkanes) is 9. The van der Waals surface area contributed by atoms with Crippen LogP contribution in [-0.2, 0) is 22.7 Å². The molecule has 2 amide bonds. The van der Waals surface area contributed by atoms with Crippen molar-refractivity contribution in [2.24, 2.45) is 0 Å². The summed E-state index contributed by atoms with van der Waals surface area (Å²) in [5, 5.41) is 21.2. The van der Waals surface area contributed by atoms with E-state index in [1.54, 1.807) is 36.4 Å². The smallest absolute Gasteiger partial charge is 0.394 e. The molecule has 0 saturated heterocycles. The minimum absolute atomic E-state index is 0.00608. The first-order chi connectivity index (χ1) is 18.3. The van der Waals surface area contributed by atoms with Gasteiger partial charge in [-0.15, -0.1) is 0 Å². The van der Waals surface area contributed by atoms with Crippen molar-refractivity contribution in [3.05, 3.63) is 70.8 Å². The maximum atomic E-state index is 12.5. The molecule has 0 unspecified atom stereocenters. The van der Waals surface area contributed by atoms with Gasteiger partial charge in [-0.2, -0.15) is 0 Å². The highest BCUT2D eigenvalue weighted by molar-refractivity contribution is 6.31. The van der Waals surface area contributed by atoms with Crippen molar-refractivity contribution in [3.63, 3.8) is 0 Å². The summed E-state index contributed by atoms with van der Waals surface area (Å²) in [6, 6.07) is 12.6. The third kappa shape index (κ3) is 11.2. The fourth-order valence-corrected chi connectivity index (χ4v) is 4.21.